The van der Waals surface area contributed by atoms with E-state index in [0.29, 0.717) is 15.7 Å². The van der Waals surface area contributed by atoms with E-state index in [-0.39, 0.29) is 17.0 Å². The van der Waals surface area contributed by atoms with E-state index in [0.717, 1.165) is 11.6 Å². The number of carbonyl (C=O) groups is 1. The highest BCUT2D eigenvalue weighted by atomic mass is 35.5. The molecule has 0 saturated heterocycles. The van der Waals surface area contributed by atoms with Crippen LogP contribution in [0.25, 0.3) is 0 Å². The highest BCUT2D eigenvalue weighted by Gasteiger charge is 2.19. The van der Waals surface area contributed by atoms with Crippen LogP contribution >= 0.6 is 34.8 Å². The Morgan fingerprint density at radius 2 is 1.75 bits per heavy atom. The van der Waals surface area contributed by atoms with E-state index in [1.807, 2.05) is 13.0 Å². The molecule has 2 rings (SSSR count). The van der Waals surface area contributed by atoms with Crippen molar-refractivity contribution in [3.8, 4) is 0 Å². The lowest BCUT2D eigenvalue weighted by Gasteiger charge is -2.21. The van der Waals surface area contributed by atoms with Crippen LogP contribution in [-0.4, -0.2) is 11.9 Å². The van der Waals surface area contributed by atoms with E-state index >= 15 is 0 Å². The molecule has 128 valence electrons. The number of benzene rings is 2. The van der Waals surface area contributed by atoms with Crippen molar-refractivity contribution in [2.75, 3.05) is 5.32 Å². The summed E-state index contributed by atoms with van der Waals surface area (Å²) in [6, 6.07) is 8.31. The van der Waals surface area contributed by atoms with E-state index in [2.05, 4.69) is 10.6 Å². The average molecular weight is 390 g/mol. The minimum absolute atomic E-state index is 0.143. The van der Waals surface area contributed by atoms with Crippen molar-refractivity contribution in [3.63, 3.8) is 0 Å². The summed E-state index contributed by atoms with van der Waals surface area (Å²) in [5.74, 6) is -0.754. The van der Waals surface area contributed by atoms with Gasteiger partial charge in [0.25, 0.3) is 0 Å². The van der Waals surface area contributed by atoms with Gasteiger partial charge in [0.05, 0.1) is 16.8 Å². The molecule has 0 spiro atoms. The van der Waals surface area contributed by atoms with E-state index in [9.17, 15) is 9.18 Å². The maximum absolute atomic E-state index is 13.0. The number of anilines is 1. The quantitative estimate of drug-likeness (QED) is 0.712. The van der Waals surface area contributed by atoms with Gasteiger partial charge in [0.15, 0.2) is 0 Å². The van der Waals surface area contributed by atoms with Crippen LogP contribution in [0.1, 0.15) is 25.5 Å². The molecule has 0 aliphatic rings. The zero-order valence-corrected chi connectivity index (χ0v) is 15.3. The molecular formula is C17H16Cl3FN2O. The molecule has 0 unspecified atom stereocenters. The van der Waals surface area contributed by atoms with Gasteiger partial charge in [-0.05, 0) is 49.7 Å². The molecule has 0 radical (unpaired) electrons. The number of hydrogen-bond acceptors (Lipinski definition) is 2. The SMILES string of the molecule is C[C@@H](N[C@H](C)c1ccc(Cl)cc1Cl)C(=O)Nc1ccc(F)cc1Cl. The van der Waals surface area contributed by atoms with Gasteiger partial charge in [0.2, 0.25) is 5.91 Å². The number of halogens is 4. The molecule has 0 aliphatic carbocycles. The van der Waals surface area contributed by atoms with Crippen LogP contribution in [0.2, 0.25) is 15.1 Å². The summed E-state index contributed by atoms with van der Waals surface area (Å²) in [6.45, 7) is 3.61. The monoisotopic (exact) mass is 388 g/mol. The Balaban J connectivity index is 2.02. The molecule has 2 N–H and O–H groups in total. The summed E-state index contributed by atoms with van der Waals surface area (Å²) in [5.41, 5.74) is 1.19. The first-order valence-electron chi connectivity index (χ1n) is 7.25. The number of carbonyl (C=O) groups excluding carboxylic acids is 1. The Labute approximate surface area is 155 Å². The topological polar surface area (TPSA) is 41.1 Å². The second kappa shape index (κ2) is 8.17. The van der Waals surface area contributed by atoms with Gasteiger partial charge in [0, 0.05) is 16.1 Å². The molecule has 0 heterocycles. The molecule has 0 aliphatic heterocycles. The first kappa shape index (κ1) is 19.0. The molecule has 0 bridgehead atoms. The molecule has 2 aromatic rings. The fourth-order valence-electron chi connectivity index (χ4n) is 2.22. The minimum atomic E-state index is -0.520. The fraction of sp³-hybridized carbons (Fsp3) is 0.235. The van der Waals surface area contributed by atoms with E-state index in [1.165, 1.54) is 12.1 Å². The smallest absolute Gasteiger partial charge is 0.241 e. The highest BCUT2D eigenvalue weighted by Crippen LogP contribution is 2.27. The largest absolute Gasteiger partial charge is 0.323 e. The van der Waals surface area contributed by atoms with Gasteiger partial charge in [-0.2, -0.15) is 0 Å². The molecule has 2 atom stereocenters. The number of rotatable bonds is 5. The van der Waals surface area contributed by atoms with Gasteiger partial charge in [0.1, 0.15) is 5.82 Å². The normalized spacial score (nSPS) is 13.4. The lowest BCUT2D eigenvalue weighted by Crippen LogP contribution is -2.39. The Hall–Kier alpha value is -1.33. The fourth-order valence-corrected chi connectivity index (χ4v) is 3.01. The number of nitrogens with one attached hydrogen (secondary N) is 2. The zero-order valence-electron chi connectivity index (χ0n) is 13.0. The molecule has 24 heavy (non-hydrogen) atoms. The number of hydrogen-bond donors (Lipinski definition) is 2. The third-order valence-corrected chi connectivity index (χ3v) is 4.39. The first-order valence-corrected chi connectivity index (χ1v) is 8.38. The first-order chi connectivity index (χ1) is 11.3. The Morgan fingerprint density at radius 1 is 1.04 bits per heavy atom. The van der Waals surface area contributed by atoms with Gasteiger partial charge in [-0.25, -0.2) is 4.39 Å². The predicted octanol–water partition coefficient (Wildman–Crippen LogP) is 5.46. The van der Waals surface area contributed by atoms with Crippen LogP contribution in [-0.2, 0) is 4.79 Å². The summed E-state index contributed by atoms with van der Waals surface area (Å²) < 4.78 is 13.0. The number of amides is 1. The summed E-state index contributed by atoms with van der Waals surface area (Å²) in [6.07, 6.45) is 0. The van der Waals surface area contributed by atoms with Crippen molar-refractivity contribution in [2.24, 2.45) is 0 Å². The third kappa shape index (κ3) is 4.84. The average Bonchev–Trinajstić information content (AvgIpc) is 2.49. The summed E-state index contributed by atoms with van der Waals surface area (Å²) in [4.78, 5) is 12.3. The van der Waals surface area contributed by atoms with Crippen LogP contribution in [0.15, 0.2) is 36.4 Å². The van der Waals surface area contributed by atoms with Gasteiger partial charge in [-0.15, -0.1) is 0 Å². The molecule has 1 amide bonds. The van der Waals surface area contributed by atoms with Crippen molar-refractivity contribution >= 4 is 46.4 Å². The van der Waals surface area contributed by atoms with Gasteiger partial charge < -0.3 is 5.32 Å². The second-order valence-electron chi connectivity index (χ2n) is 5.39. The van der Waals surface area contributed by atoms with Gasteiger partial charge in [-0.3, -0.25) is 10.1 Å². The van der Waals surface area contributed by atoms with Crippen molar-refractivity contribution in [1.82, 2.24) is 5.32 Å². The maximum Gasteiger partial charge on any atom is 0.241 e. The van der Waals surface area contributed by atoms with Crippen LogP contribution < -0.4 is 10.6 Å². The Kier molecular flexibility index (Phi) is 6.47. The van der Waals surface area contributed by atoms with Crippen molar-refractivity contribution in [1.29, 1.82) is 0 Å². The molecule has 7 heteroatoms. The maximum atomic E-state index is 13.0. The van der Waals surface area contributed by atoms with Gasteiger partial charge >= 0.3 is 0 Å². The standard InChI is InChI=1S/C17H16Cl3FN2O/c1-9(13-5-3-11(18)7-14(13)19)22-10(2)17(24)23-16-6-4-12(21)8-15(16)20/h3-10,22H,1-2H3,(H,23,24)/t9-,10-/m1/s1. The van der Waals surface area contributed by atoms with Crippen molar-refractivity contribution in [2.45, 2.75) is 25.9 Å². The molecular weight excluding hydrogens is 374 g/mol. The Morgan fingerprint density at radius 3 is 2.38 bits per heavy atom. The van der Waals surface area contributed by atoms with E-state index < -0.39 is 11.9 Å². The molecule has 0 fully saturated rings. The predicted molar refractivity (Wildman–Crippen MR) is 97.5 cm³/mol. The summed E-state index contributed by atoms with van der Waals surface area (Å²) >= 11 is 18.0. The van der Waals surface area contributed by atoms with E-state index in [1.54, 1.807) is 19.1 Å². The van der Waals surface area contributed by atoms with Gasteiger partial charge in [-0.1, -0.05) is 40.9 Å². The lowest BCUT2D eigenvalue weighted by atomic mass is 10.1. The van der Waals surface area contributed by atoms with E-state index in [4.69, 9.17) is 34.8 Å². The highest BCUT2D eigenvalue weighted by molar-refractivity contribution is 6.35. The van der Waals surface area contributed by atoms with Crippen LogP contribution in [0, 0.1) is 5.82 Å². The minimum Gasteiger partial charge on any atom is -0.323 e. The second-order valence-corrected chi connectivity index (χ2v) is 6.64. The lowest BCUT2D eigenvalue weighted by molar-refractivity contribution is -0.117. The summed E-state index contributed by atoms with van der Waals surface area (Å²) in [7, 11) is 0. The van der Waals surface area contributed by atoms with Crippen LogP contribution in [0.5, 0.6) is 0 Å². The third-order valence-electron chi connectivity index (χ3n) is 3.51. The van der Waals surface area contributed by atoms with Crippen LogP contribution in [0.3, 0.4) is 0 Å². The molecule has 0 aromatic heterocycles. The molecule has 2 aromatic carbocycles. The zero-order chi connectivity index (χ0) is 17.9. The van der Waals surface area contributed by atoms with Crippen molar-refractivity contribution < 1.29 is 9.18 Å². The van der Waals surface area contributed by atoms with Crippen molar-refractivity contribution in [3.05, 3.63) is 62.8 Å². The molecule has 3 nitrogen and oxygen atoms in total. The van der Waals surface area contributed by atoms with Crippen LogP contribution in [0.4, 0.5) is 10.1 Å². The summed E-state index contributed by atoms with van der Waals surface area (Å²) in [5, 5.41) is 7.03. The Bertz CT molecular complexity index is 755. The molecule has 0 saturated carbocycles.